The number of rotatable bonds is 4. The fourth-order valence-electron chi connectivity index (χ4n) is 2.24. The van der Waals surface area contributed by atoms with Gasteiger partial charge >= 0.3 is 6.09 Å². The van der Waals surface area contributed by atoms with Crippen molar-refractivity contribution in [2.75, 3.05) is 24.3 Å². The summed E-state index contributed by atoms with van der Waals surface area (Å²) in [6.45, 7) is 2.11. The molecule has 0 saturated heterocycles. The number of ether oxygens (including phenoxy) is 1. The lowest BCUT2D eigenvalue weighted by atomic mass is 10.1. The fraction of sp³-hybridized carbons (Fsp3) is 0.222. The highest BCUT2D eigenvalue weighted by Gasteiger charge is 2.12. The summed E-state index contributed by atoms with van der Waals surface area (Å²) in [6, 6.07) is 15.1. The molecule has 0 saturated carbocycles. The lowest BCUT2D eigenvalue weighted by molar-refractivity contribution is 0.155. The number of nitrogens with one attached hydrogen (secondary N) is 1. The lowest BCUT2D eigenvalue weighted by Gasteiger charge is -2.18. The van der Waals surface area contributed by atoms with Gasteiger partial charge in [0.2, 0.25) is 0 Å². The fourth-order valence-corrected chi connectivity index (χ4v) is 2.24. The Bertz CT molecular complexity index is 734. The highest BCUT2D eigenvalue weighted by atomic mass is 16.5. The van der Waals surface area contributed by atoms with Crippen molar-refractivity contribution in [3.05, 3.63) is 59.2 Å². The van der Waals surface area contributed by atoms with E-state index in [0.29, 0.717) is 11.3 Å². The molecule has 23 heavy (non-hydrogen) atoms. The van der Waals surface area contributed by atoms with Gasteiger partial charge in [-0.1, -0.05) is 30.3 Å². The van der Waals surface area contributed by atoms with Gasteiger partial charge in [0.1, 0.15) is 12.7 Å². The molecule has 1 amide bonds. The van der Waals surface area contributed by atoms with Crippen LogP contribution in [0.3, 0.4) is 0 Å². The van der Waals surface area contributed by atoms with Crippen LogP contribution in [0.2, 0.25) is 0 Å². The van der Waals surface area contributed by atoms with Crippen LogP contribution in [0.5, 0.6) is 0 Å². The molecule has 2 aromatic carbocycles. The number of anilines is 2. The van der Waals surface area contributed by atoms with E-state index in [1.165, 1.54) is 0 Å². The van der Waals surface area contributed by atoms with Crippen molar-refractivity contribution in [1.29, 1.82) is 5.26 Å². The van der Waals surface area contributed by atoms with Crippen molar-refractivity contribution in [3.63, 3.8) is 0 Å². The first kappa shape index (κ1) is 16.4. The number of hydrogen-bond acceptors (Lipinski definition) is 4. The number of hydrogen-bond donors (Lipinski definition) is 1. The molecule has 0 bridgehead atoms. The van der Waals surface area contributed by atoms with Crippen molar-refractivity contribution < 1.29 is 9.53 Å². The summed E-state index contributed by atoms with van der Waals surface area (Å²) in [5, 5.41) is 11.9. The molecule has 0 aromatic heterocycles. The molecule has 5 heteroatoms. The van der Waals surface area contributed by atoms with E-state index < -0.39 is 6.09 Å². The summed E-state index contributed by atoms with van der Waals surface area (Å²) in [5.41, 5.74) is 3.66. The van der Waals surface area contributed by atoms with Crippen molar-refractivity contribution in [1.82, 2.24) is 0 Å². The summed E-state index contributed by atoms with van der Waals surface area (Å²) < 4.78 is 5.18. The van der Waals surface area contributed by atoms with Crippen molar-refractivity contribution in [3.8, 4) is 6.07 Å². The van der Waals surface area contributed by atoms with Crippen LogP contribution in [0.15, 0.2) is 42.5 Å². The Morgan fingerprint density at radius 3 is 2.57 bits per heavy atom. The molecule has 5 nitrogen and oxygen atoms in total. The van der Waals surface area contributed by atoms with Gasteiger partial charge in [-0.25, -0.2) is 4.79 Å². The Morgan fingerprint density at radius 2 is 1.96 bits per heavy atom. The molecule has 1 N–H and O–H groups in total. The van der Waals surface area contributed by atoms with E-state index in [-0.39, 0.29) is 6.61 Å². The van der Waals surface area contributed by atoms with Gasteiger partial charge in [-0.15, -0.1) is 0 Å². The third kappa shape index (κ3) is 4.24. The third-order valence-electron chi connectivity index (χ3n) is 3.39. The molecule has 0 aliphatic rings. The number of nitriles is 1. The maximum Gasteiger partial charge on any atom is 0.411 e. The number of amides is 1. The van der Waals surface area contributed by atoms with Crippen LogP contribution in [0.25, 0.3) is 0 Å². The summed E-state index contributed by atoms with van der Waals surface area (Å²) in [6.07, 6.45) is -0.581. The van der Waals surface area contributed by atoms with Crippen LogP contribution >= 0.6 is 0 Å². The Balaban J connectivity index is 2.09. The maximum atomic E-state index is 11.9. The lowest BCUT2D eigenvalue weighted by Crippen LogP contribution is -2.16. The second-order valence-corrected chi connectivity index (χ2v) is 5.38. The summed E-state index contributed by atoms with van der Waals surface area (Å²) >= 11 is 0. The second kappa shape index (κ2) is 7.32. The standard InChI is InChI=1S/C18H19N3O2/c1-13-9-16(15(11-19)10-17(13)21(2)3)20-18(22)23-12-14-7-5-4-6-8-14/h4-10H,12H2,1-3H3,(H,20,22). The van der Waals surface area contributed by atoms with E-state index in [0.717, 1.165) is 16.8 Å². The van der Waals surface area contributed by atoms with Crippen LogP contribution in [-0.2, 0) is 11.3 Å². The Labute approximate surface area is 136 Å². The molecule has 0 heterocycles. The minimum absolute atomic E-state index is 0.184. The zero-order valence-corrected chi connectivity index (χ0v) is 13.5. The van der Waals surface area contributed by atoms with Gasteiger partial charge in [-0.2, -0.15) is 5.26 Å². The molecule has 0 spiro atoms. The van der Waals surface area contributed by atoms with Gasteiger partial charge in [-0.3, -0.25) is 5.32 Å². The summed E-state index contributed by atoms with van der Waals surface area (Å²) in [5.74, 6) is 0. The SMILES string of the molecule is Cc1cc(NC(=O)OCc2ccccc2)c(C#N)cc1N(C)C. The number of carbonyl (C=O) groups is 1. The first-order valence-corrected chi connectivity index (χ1v) is 7.21. The first-order valence-electron chi connectivity index (χ1n) is 7.21. The van der Waals surface area contributed by atoms with E-state index in [1.54, 1.807) is 12.1 Å². The molecule has 0 fully saturated rings. The first-order chi connectivity index (χ1) is 11.0. The van der Waals surface area contributed by atoms with Crippen molar-refractivity contribution >= 4 is 17.5 Å². The zero-order chi connectivity index (χ0) is 16.8. The van der Waals surface area contributed by atoms with Gasteiger partial charge in [0.05, 0.1) is 11.3 Å². The van der Waals surface area contributed by atoms with Gasteiger partial charge in [0.15, 0.2) is 0 Å². The largest absolute Gasteiger partial charge is 0.444 e. The Hall–Kier alpha value is -3.00. The topological polar surface area (TPSA) is 65.4 Å². The zero-order valence-electron chi connectivity index (χ0n) is 13.5. The molecule has 2 rings (SSSR count). The average Bonchev–Trinajstić information content (AvgIpc) is 2.54. The molecule has 0 radical (unpaired) electrons. The Kier molecular flexibility index (Phi) is 5.21. The molecule has 0 unspecified atom stereocenters. The summed E-state index contributed by atoms with van der Waals surface area (Å²) in [4.78, 5) is 13.9. The monoisotopic (exact) mass is 309 g/mol. The minimum atomic E-state index is -0.581. The van der Waals surface area contributed by atoms with Crippen LogP contribution in [0.4, 0.5) is 16.2 Å². The third-order valence-corrected chi connectivity index (χ3v) is 3.39. The minimum Gasteiger partial charge on any atom is -0.444 e. The van der Waals surface area contributed by atoms with E-state index in [1.807, 2.05) is 56.3 Å². The molecular weight excluding hydrogens is 290 g/mol. The molecule has 0 atom stereocenters. The highest BCUT2D eigenvalue weighted by Crippen LogP contribution is 2.26. The van der Waals surface area contributed by atoms with Gasteiger partial charge in [0.25, 0.3) is 0 Å². The van der Waals surface area contributed by atoms with Crippen LogP contribution in [-0.4, -0.2) is 20.2 Å². The highest BCUT2D eigenvalue weighted by molar-refractivity contribution is 5.87. The Morgan fingerprint density at radius 1 is 1.26 bits per heavy atom. The van der Waals surface area contributed by atoms with Crippen molar-refractivity contribution in [2.24, 2.45) is 0 Å². The molecule has 118 valence electrons. The molecule has 0 aliphatic heterocycles. The van der Waals surface area contributed by atoms with E-state index in [4.69, 9.17) is 4.74 Å². The average molecular weight is 309 g/mol. The molecule has 0 aliphatic carbocycles. The van der Waals surface area contributed by atoms with Crippen LogP contribution in [0.1, 0.15) is 16.7 Å². The summed E-state index contributed by atoms with van der Waals surface area (Å²) in [7, 11) is 3.81. The van der Waals surface area contributed by atoms with Gasteiger partial charge in [-0.05, 0) is 30.2 Å². The van der Waals surface area contributed by atoms with Crippen LogP contribution in [0, 0.1) is 18.3 Å². The predicted molar refractivity (Wildman–Crippen MR) is 90.5 cm³/mol. The smallest absolute Gasteiger partial charge is 0.411 e. The van der Waals surface area contributed by atoms with Gasteiger partial charge < -0.3 is 9.64 Å². The number of benzene rings is 2. The molecule has 2 aromatic rings. The van der Waals surface area contributed by atoms with Gasteiger partial charge in [0, 0.05) is 19.8 Å². The van der Waals surface area contributed by atoms with Crippen molar-refractivity contribution in [2.45, 2.75) is 13.5 Å². The quantitative estimate of drug-likeness (QED) is 0.935. The maximum absolute atomic E-state index is 11.9. The number of aryl methyl sites for hydroxylation is 1. The predicted octanol–water partition coefficient (Wildman–Crippen LogP) is 3.68. The number of carbonyl (C=O) groups excluding carboxylic acids is 1. The normalized spacial score (nSPS) is 9.83. The van der Waals surface area contributed by atoms with E-state index in [9.17, 15) is 10.1 Å². The molecular formula is C18H19N3O2. The van der Waals surface area contributed by atoms with E-state index in [2.05, 4.69) is 11.4 Å². The van der Waals surface area contributed by atoms with E-state index >= 15 is 0 Å². The second-order valence-electron chi connectivity index (χ2n) is 5.38. The number of nitrogens with zero attached hydrogens (tertiary/aromatic N) is 2. The van der Waals surface area contributed by atoms with Crippen LogP contribution < -0.4 is 10.2 Å².